The van der Waals surface area contributed by atoms with Crippen LogP contribution in [0.25, 0.3) is 0 Å². The van der Waals surface area contributed by atoms with Crippen LogP contribution in [-0.2, 0) is 10.0 Å². The van der Waals surface area contributed by atoms with Gasteiger partial charge in [0, 0.05) is 13.1 Å². The van der Waals surface area contributed by atoms with Gasteiger partial charge in [-0.15, -0.1) is 0 Å². The highest BCUT2D eigenvalue weighted by atomic mass is 32.2. The Morgan fingerprint density at radius 2 is 1.70 bits per heavy atom. The van der Waals surface area contributed by atoms with E-state index in [2.05, 4.69) is 0 Å². The zero-order chi connectivity index (χ0) is 24.4. The lowest BCUT2D eigenvalue weighted by atomic mass is 10.0. The molecule has 0 spiro atoms. The Balaban J connectivity index is 1.95. The van der Waals surface area contributed by atoms with Gasteiger partial charge in [0.05, 0.1) is 10.5 Å². The molecule has 1 heterocycles. The van der Waals surface area contributed by atoms with Crippen LogP contribution in [0.4, 0.5) is 17.6 Å². The molecule has 1 aliphatic heterocycles. The van der Waals surface area contributed by atoms with Crippen molar-refractivity contribution in [3.63, 3.8) is 0 Å². The first-order valence-electron chi connectivity index (χ1n) is 10.1. The van der Waals surface area contributed by atoms with Gasteiger partial charge in [0.15, 0.2) is 17.5 Å². The molecule has 1 aliphatic rings. The summed E-state index contributed by atoms with van der Waals surface area (Å²) in [7, 11) is -4.06. The predicted octanol–water partition coefficient (Wildman–Crippen LogP) is 3.66. The van der Waals surface area contributed by atoms with E-state index in [4.69, 9.17) is 9.47 Å². The third kappa shape index (κ3) is 5.22. The van der Waals surface area contributed by atoms with Gasteiger partial charge >= 0.3 is 6.18 Å². The second-order valence-electron chi connectivity index (χ2n) is 7.08. The fraction of sp³-hybridized carbons (Fsp3) is 0.381. The van der Waals surface area contributed by atoms with Crippen molar-refractivity contribution in [2.24, 2.45) is 0 Å². The number of rotatable bonds is 7. The number of nitrogens with zero attached hydrogens (tertiary/aromatic N) is 1. The van der Waals surface area contributed by atoms with Crippen molar-refractivity contribution < 1.29 is 40.2 Å². The zero-order valence-electron chi connectivity index (χ0n) is 17.8. The van der Waals surface area contributed by atoms with Crippen molar-refractivity contribution in [1.29, 1.82) is 0 Å². The van der Waals surface area contributed by atoms with Gasteiger partial charge < -0.3 is 14.8 Å². The van der Waals surface area contributed by atoms with Crippen LogP contribution in [0.5, 0.6) is 11.5 Å². The summed E-state index contributed by atoms with van der Waals surface area (Å²) in [5, 5.41) is 1.76. The first-order chi connectivity index (χ1) is 15.5. The maximum Gasteiger partial charge on any atom is 0.412 e. The molecule has 12 heteroatoms. The zero-order valence-corrected chi connectivity index (χ0v) is 18.6. The van der Waals surface area contributed by atoms with Crippen LogP contribution in [-0.4, -0.2) is 51.1 Å². The SMILES string of the molecule is CCN(CC)S(=O)(=O)c1ccc(F)c(C(=O)N[C@H](c2ccc3c(c2)OCCO3)C(F)(F)F)c1. The molecule has 2 aromatic carbocycles. The average molecular weight is 490 g/mol. The van der Waals surface area contributed by atoms with E-state index in [1.54, 1.807) is 19.2 Å². The largest absolute Gasteiger partial charge is 0.486 e. The Hall–Kier alpha value is -2.86. The standard InChI is InChI=1S/C21H22F4N2O5S/c1-3-27(4-2)33(29,30)14-6-7-16(22)15(12-14)20(28)26-19(21(23,24)25)13-5-8-17-18(11-13)32-10-9-31-17/h5-8,11-12,19H,3-4,9-10H2,1-2H3,(H,26,28)/t19-/m1/s1. The van der Waals surface area contributed by atoms with Gasteiger partial charge in [-0.3, -0.25) is 4.79 Å². The highest BCUT2D eigenvalue weighted by Crippen LogP contribution is 2.38. The third-order valence-corrected chi connectivity index (χ3v) is 7.07. The molecule has 0 aromatic heterocycles. The van der Waals surface area contributed by atoms with Crippen molar-refractivity contribution in [3.8, 4) is 11.5 Å². The molecule has 1 amide bonds. The van der Waals surface area contributed by atoms with Crippen LogP contribution in [0.3, 0.4) is 0 Å². The van der Waals surface area contributed by atoms with Gasteiger partial charge in [-0.25, -0.2) is 12.8 Å². The van der Waals surface area contributed by atoms with Crippen molar-refractivity contribution in [2.75, 3.05) is 26.3 Å². The van der Waals surface area contributed by atoms with Gasteiger partial charge in [-0.2, -0.15) is 17.5 Å². The number of benzene rings is 2. The number of ether oxygens (including phenoxy) is 2. The lowest BCUT2D eigenvalue weighted by molar-refractivity contribution is -0.155. The van der Waals surface area contributed by atoms with E-state index < -0.39 is 44.4 Å². The van der Waals surface area contributed by atoms with E-state index >= 15 is 0 Å². The first kappa shape index (κ1) is 24.8. The number of carbonyl (C=O) groups is 1. The minimum atomic E-state index is -4.93. The van der Waals surface area contributed by atoms with E-state index in [-0.39, 0.29) is 43.4 Å². The lowest BCUT2D eigenvalue weighted by Crippen LogP contribution is -2.38. The van der Waals surface area contributed by atoms with Gasteiger partial charge in [0.2, 0.25) is 10.0 Å². The van der Waals surface area contributed by atoms with Gasteiger partial charge in [0.1, 0.15) is 19.0 Å². The smallest absolute Gasteiger partial charge is 0.412 e. The minimum absolute atomic E-state index is 0.0840. The average Bonchev–Trinajstić information content (AvgIpc) is 2.77. The number of hydrogen-bond donors (Lipinski definition) is 1. The number of carbonyl (C=O) groups excluding carboxylic acids is 1. The van der Waals surface area contributed by atoms with Crippen LogP contribution in [0, 0.1) is 5.82 Å². The number of amides is 1. The molecule has 0 unspecified atom stereocenters. The van der Waals surface area contributed by atoms with Gasteiger partial charge in [-0.05, 0) is 35.9 Å². The van der Waals surface area contributed by atoms with Gasteiger partial charge in [0.25, 0.3) is 5.91 Å². The molecule has 0 fully saturated rings. The Kier molecular flexibility index (Phi) is 7.17. The summed E-state index contributed by atoms with van der Waals surface area (Å²) in [6.45, 7) is 3.84. The first-order valence-corrected chi connectivity index (χ1v) is 11.5. The Morgan fingerprint density at radius 1 is 1.06 bits per heavy atom. The molecule has 2 aromatic rings. The number of sulfonamides is 1. The summed E-state index contributed by atoms with van der Waals surface area (Å²) in [4.78, 5) is 12.3. The number of hydrogen-bond acceptors (Lipinski definition) is 5. The van der Waals surface area contributed by atoms with E-state index in [1.165, 1.54) is 6.07 Å². The number of fused-ring (bicyclic) bond motifs is 1. The van der Waals surface area contributed by atoms with Crippen LogP contribution >= 0.6 is 0 Å². The Labute approximate surface area is 188 Å². The fourth-order valence-corrected chi connectivity index (χ4v) is 4.84. The van der Waals surface area contributed by atoms with Crippen molar-refractivity contribution >= 4 is 15.9 Å². The monoisotopic (exact) mass is 490 g/mol. The molecule has 0 radical (unpaired) electrons. The molecule has 7 nitrogen and oxygen atoms in total. The Morgan fingerprint density at radius 3 is 2.30 bits per heavy atom. The molecule has 0 bridgehead atoms. The second kappa shape index (κ2) is 9.56. The summed E-state index contributed by atoms with van der Waals surface area (Å²) in [5.74, 6) is -2.23. The molecule has 3 rings (SSSR count). The quantitative estimate of drug-likeness (QED) is 0.599. The summed E-state index contributed by atoms with van der Waals surface area (Å²) in [6.07, 6.45) is -4.93. The minimum Gasteiger partial charge on any atom is -0.486 e. The highest BCUT2D eigenvalue weighted by molar-refractivity contribution is 7.89. The van der Waals surface area contributed by atoms with Crippen molar-refractivity contribution in [2.45, 2.75) is 31.0 Å². The molecule has 0 aliphatic carbocycles. The van der Waals surface area contributed by atoms with Crippen molar-refractivity contribution in [3.05, 3.63) is 53.3 Å². The molecule has 1 atom stereocenters. The Bertz CT molecular complexity index is 1130. The van der Waals surface area contributed by atoms with Crippen molar-refractivity contribution in [1.82, 2.24) is 9.62 Å². The van der Waals surface area contributed by atoms with Crippen LogP contribution in [0.1, 0.15) is 35.8 Å². The summed E-state index contributed by atoms with van der Waals surface area (Å²) in [5.41, 5.74) is -1.18. The van der Waals surface area contributed by atoms with Crippen LogP contribution < -0.4 is 14.8 Å². The lowest BCUT2D eigenvalue weighted by Gasteiger charge is -2.25. The summed E-state index contributed by atoms with van der Waals surface area (Å²) >= 11 is 0. The fourth-order valence-electron chi connectivity index (χ4n) is 3.35. The van der Waals surface area contributed by atoms with E-state index in [0.717, 1.165) is 34.6 Å². The van der Waals surface area contributed by atoms with E-state index in [9.17, 15) is 30.8 Å². The summed E-state index contributed by atoms with van der Waals surface area (Å²) in [6, 6.07) is 3.42. The maximum absolute atomic E-state index is 14.4. The highest BCUT2D eigenvalue weighted by Gasteiger charge is 2.43. The normalized spacial score (nSPS) is 14.8. The van der Waals surface area contributed by atoms with Crippen LogP contribution in [0.15, 0.2) is 41.3 Å². The van der Waals surface area contributed by atoms with Gasteiger partial charge in [-0.1, -0.05) is 19.9 Å². The number of alkyl halides is 3. The molecule has 0 saturated carbocycles. The number of nitrogens with one attached hydrogen (secondary N) is 1. The predicted molar refractivity (Wildman–Crippen MR) is 110 cm³/mol. The molecule has 33 heavy (non-hydrogen) atoms. The molecular weight excluding hydrogens is 468 g/mol. The molecular formula is C21H22F4N2O5S. The van der Waals surface area contributed by atoms with E-state index in [1.807, 2.05) is 0 Å². The second-order valence-corrected chi connectivity index (χ2v) is 9.02. The molecule has 180 valence electrons. The van der Waals surface area contributed by atoms with Crippen LogP contribution in [0.2, 0.25) is 0 Å². The third-order valence-electron chi connectivity index (χ3n) is 5.03. The number of halogens is 4. The molecule has 0 saturated heterocycles. The maximum atomic E-state index is 14.4. The van der Waals surface area contributed by atoms with E-state index in [0.29, 0.717) is 0 Å². The topological polar surface area (TPSA) is 84.9 Å². The summed E-state index contributed by atoms with van der Waals surface area (Å²) < 4.78 is 92.8. The molecule has 1 N–H and O–H groups in total.